The van der Waals surface area contributed by atoms with Crippen LogP contribution in [0.15, 0.2) is 17.5 Å². The van der Waals surface area contributed by atoms with E-state index in [0.29, 0.717) is 18.0 Å². The predicted octanol–water partition coefficient (Wildman–Crippen LogP) is 1.97. The Labute approximate surface area is 153 Å². The van der Waals surface area contributed by atoms with Gasteiger partial charge in [-0.25, -0.2) is 0 Å². The van der Waals surface area contributed by atoms with Gasteiger partial charge in [-0.2, -0.15) is 0 Å². The Hall–Kier alpha value is -1.89. The molecule has 1 N–H and O–H groups in total. The Morgan fingerprint density at radius 2 is 2.08 bits per heavy atom. The summed E-state index contributed by atoms with van der Waals surface area (Å²) in [6, 6.07) is 3.66. The van der Waals surface area contributed by atoms with Gasteiger partial charge in [0, 0.05) is 25.7 Å². The van der Waals surface area contributed by atoms with Crippen molar-refractivity contribution in [1.29, 1.82) is 0 Å². The molecule has 2 heterocycles. The third-order valence-electron chi connectivity index (χ3n) is 4.06. The van der Waals surface area contributed by atoms with Crippen molar-refractivity contribution in [3.63, 3.8) is 0 Å². The average Bonchev–Trinajstić information content (AvgIpc) is 3.06. The fourth-order valence-corrected chi connectivity index (χ4v) is 3.67. The van der Waals surface area contributed by atoms with Crippen molar-refractivity contribution in [2.75, 3.05) is 26.7 Å². The molecular formula is C18H27N3O3S. The molecule has 0 radical (unpaired) electrons. The highest BCUT2D eigenvalue weighted by molar-refractivity contribution is 7.12. The van der Waals surface area contributed by atoms with Gasteiger partial charge in [0.1, 0.15) is 0 Å². The second-order valence-corrected chi connectivity index (χ2v) is 8.51. The lowest BCUT2D eigenvalue weighted by Gasteiger charge is -2.34. The monoisotopic (exact) mass is 365 g/mol. The van der Waals surface area contributed by atoms with Gasteiger partial charge >= 0.3 is 0 Å². The number of carbonyl (C=O) groups excluding carboxylic acids is 3. The van der Waals surface area contributed by atoms with Gasteiger partial charge in [-0.1, -0.05) is 6.07 Å². The Balaban J connectivity index is 1.92. The number of likely N-dealkylation sites (tertiary alicyclic amines) is 1. The minimum atomic E-state index is -0.324. The van der Waals surface area contributed by atoms with E-state index in [2.05, 4.69) is 5.32 Å². The molecule has 138 valence electrons. The van der Waals surface area contributed by atoms with Gasteiger partial charge in [0.25, 0.3) is 5.91 Å². The summed E-state index contributed by atoms with van der Waals surface area (Å²) >= 11 is 1.41. The van der Waals surface area contributed by atoms with Crippen LogP contribution < -0.4 is 5.32 Å². The highest BCUT2D eigenvalue weighted by Gasteiger charge is 2.31. The van der Waals surface area contributed by atoms with E-state index in [1.165, 1.54) is 16.2 Å². The van der Waals surface area contributed by atoms with Gasteiger partial charge in [0.05, 0.1) is 17.3 Å². The van der Waals surface area contributed by atoms with Crippen LogP contribution in [0.2, 0.25) is 0 Å². The van der Waals surface area contributed by atoms with Gasteiger partial charge in [-0.05, 0) is 45.1 Å². The summed E-state index contributed by atoms with van der Waals surface area (Å²) in [7, 11) is 1.64. The molecule has 0 aromatic carbocycles. The van der Waals surface area contributed by atoms with Gasteiger partial charge in [0.2, 0.25) is 11.8 Å². The largest absolute Gasteiger partial charge is 0.350 e. The third-order valence-corrected chi connectivity index (χ3v) is 4.92. The molecule has 1 unspecified atom stereocenters. The molecule has 6 nitrogen and oxygen atoms in total. The zero-order chi connectivity index (χ0) is 18.6. The van der Waals surface area contributed by atoms with Crippen molar-refractivity contribution in [1.82, 2.24) is 15.1 Å². The van der Waals surface area contributed by atoms with E-state index in [0.717, 1.165) is 12.8 Å². The summed E-state index contributed by atoms with van der Waals surface area (Å²) in [5.41, 5.74) is -0.324. The molecule has 0 bridgehead atoms. The SMILES string of the molecule is CN(CC(=O)NC(C)(C)C)C(=O)C1CCCN(C(=O)c2cccs2)C1. The predicted molar refractivity (Wildman–Crippen MR) is 98.5 cm³/mol. The Morgan fingerprint density at radius 1 is 1.36 bits per heavy atom. The van der Waals surface area contributed by atoms with Gasteiger partial charge in [-0.3, -0.25) is 14.4 Å². The number of nitrogens with one attached hydrogen (secondary N) is 1. The lowest BCUT2D eigenvalue weighted by molar-refractivity contribution is -0.139. The molecule has 1 saturated heterocycles. The number of likely N-dealkylation sites (N-methyl/N-ethyl adjacent to an activating group) is 1. The molecular weight excluding hydrogens is 338 g/mol. The average molecular weight is 365 g/mol. The van der Waals surface area contributed by atoms with Gasteiger partial charge < -0.3 is 15.1 Å². The molecule has 0 spiro atoms. The molecule has 1 atom stereocenters. The molecule has 1 aliphatic rings. The number of hydrogen-bond donors (Lipinski definition) is 1. The number of thiophene rings is 1. The molecule has 25 heavy (non-hydrogen) atoms. The summed E-state index contributed by atoms with van der Waals surface area (Å²) in [5.74, 6) is -0.510. The highest BCUT2D eigenvalue weighted by Crippen LogP contribution is 2.21. The molecule has 1 fully saturated rings. The first-order valence-corrected chi connectivity index (χ1v) is 9.44. The van der Waals surface area contributed by atoms with E-state index in [4.69, 9.17) is 0 Å². The quantitative estimate of drug-likeness (QED) is 0.887. The second kappa shape index (κ2) is 7.99. The van der Waals surface area contributed by atoms with Crippen LogP contribution in [-0.2, 0) is 9.59 Å². The minimum absolute atomic E-state index is 0.0133. The van der Waals surface area contributed by atoms with Crippen molar-refractivity contribution >= 4 is 29.1 Å². The van der Waals surface area contributed by atoms with Crippen LogP contribution in [0.5, 0.6) is 0 Å². The maximum Gasteiger partial charge on any atom is 0.263 e. The molecule has 1 aliphatic heterocycles. The topological polar surface area (TPSA) is 69.7 Å². The smallest absolute Gasteiger partial charge is 0.263 e. The van der Waals surface area contributed by atoms with E-state index in [9.17, 15) is 14.4 Å². The van der Waals surface area contributed by atoms with Crippen LogP contribution in [0, 0.1) is 5.92 Å². The van der Waals surface area contributed by atoms with Crippen LogP contribution in [0.4, 0.5) is 0 Å². The lowest BCUT2D eigenvalue weighted by atomic mass is 9.96. The van der Waals surface area contributed by atoms with Crippen molar-refractivity contribution in [2.45, 2.75) is 39.2 Å². The second-order valence-electron chi connectivity index (χ2n) is 7.56. The summed E-state index contributed by atoms with van der Waals surface area (Å²) in [4.78, 5) is 41.1. The van der Waals surface area contributed by atoms with Crippen molar-refractivity contribution in [3.8, 4) is 0 Å². The van der Waals surface area contributed by atoms with Crippen LogP contribution >= 0.6 is 11.3 Å². The van der Waals surface area contributed by atoms with Crippen LogP contribution in [0.3, 0.4) is 0 Å². The van der Waals surface area contributed by atoms with Crippen LogP contribution in [0.25, 0.3) is 0 Å². The third kappa shape index (κ3) is 5.56. The van der Waals surface area contributed by atoms with Crippen molar-refractivity contribution < 1.29 is 14.4 Å². The van der Waals surface area contributed by atoms with Gasteiger partial charge in [0.15, 0.2) is 0 Å². The number of piperidine rings is 1. The molecule has 1 aromatic heterocycles. The molecule has 1 aromatic rings. The fraction of sp³-hybridized carbons (Fsp3) is 0.611. The zero-order valence-electron chi connectivity index (χ0n) is 15.4. The molecule has 2 rings (SSSR count). The van der Waals surface area contributed by atoms with E-state index >= 15 is 0 Å². The number of rotatable bonds is 4. The van der Waals surface area contributed by atoms with Crippen molar-refractivity contribution in [3.05, 3.63) is 22.4 Å². The number of nitrogens with zero attached hydrogens (tertiary/aromatic N) is 2. The van der Waals surface area contributed by atoms with E-state index in [-0.39, 0.29) is 35.7 Å². The Bertz CT molecular complexity index is 622. The van der Waals surface area contributed by atoms with E-state index < -0.39 is 0 Å². The first-order chi connectivity index (χ1) is 11.7. The normalized spacial score (nSPS) is 17.9. The maximum absolute atomic E-state index is 12.7. The van der Waals surface area contributed by atoms with Crippen LogP contribution in [-0.4, -0.2) is 59.7 Å². The van der Waals surface area contributed by atoms with Gasteiger partial charge in [-0.15, -0.1) is 11.3 Å². The first kappa shape index (κ1) is 19.4. The number of carbonyl (C=O) groups is 3. The summed E-state index contributed by atoms with van der Waals surface area (Å²) < 4.78 is 0. The van der Waals surface area contributed by atoms with Crippen LogP contribution in [0.1, 0.15) is 43.3 Å². The Morgan fingerprint density at radius 3 is 2.68 bits per heavy atom. The first-order valence-electron chi connectivity index (χ1n) is 8.56. The van der Waals surface area contributed by atoms with E-state index in [1.807, 2.05) is 32.2 Å². The standard InChI is InChI=1S/C18H27N3O3S/c1-18(2,3)19-15(22)12-20(4)16(23)13-7-5-9-21(11-13)17(24)14-8-6-10-25-14/h6,8,10,13H,5,7,9,11-12H2,1-4H3,(H,19,22). The molecule has 0 saturated carbocycles. The Kier molecular flexibility index (Phi) is 6.21. The zero-order valence-corrected chi connectivity index (χ0v) is 16.2. The summed E-state index contributed by atoms with van der Waals surface area (Å²) in [6.07, 6.45) is 1.55. The number of amides is 3. The van der Waals surface area contributed by atoms with E-state index in [1.54, 1.807) is 18.0 Å². The van der Waals surface area contributed by atoms with Crippen molar-refractivity contribution in [2.24, 2.45) is 5.92 Å². The molecule has 3 amide bonds. The lowest BCUT2D eigenvalue weighted by Crippen LogP contribution is -2.49. The maximum atomic E-state index is 12.7. The molecule has 0 aliphatic carbocycles. The summed E-state index contributed by atoms with van der Waals surface area (Å²) in [5, 5.41) is 4.73. The highest BCUT2D eigenvalue weighted by atomic mass is 32.1. The number of hydrogen-bond acceptors (Lipinski definition) is 4. The minimum Gasteiger partial charge on any atom is -0.350 e. The molecule has 7 heteroatoms. The fourth-order valence-electron chi connectivity index (χ4n) is 2.98. The summed E-state index contributed by atoms with van der Waals surface area (Å²) in [6.45, 7) is 6.84.